The molecule has 3 aliphatic rings. The van der Waals surface area contributed by atoms with Crippen LogP contribution in [0.1, 0.15) is 170 Å². The van der Waals surface area contributed by atoms with Gasteiger partial charge in [-0.1, -0.05) is 113 Å². The summed E-state index contributed by atoms with van der Waals surface area (Å²) < 4.78 is 43.2. The van der Waals surface area contributed by atoms with Crippen LogP contribution in [0.15, 0.2) is 82.5 Å². The van der Waals surface area contributed by atoms with Crippen LogP contribution in [0.3, 0.4) is 0 Å². The third-order valence-corrected chi connectivity index (χ3v) is 12.4. The van der Waals surface area contributed by atoms with Gasteiger partial charge in [-0.3, -0.25) is 13.4 Å². The van der Waals surface area contributed by atoms with Crippen molar-refractivity contribution in [2.24, 2.45) is 4.99 Å². The predicted octanol–water partition coefficient (Wildman–Crippen LogP) is 13.9. The Kier molecular flexibility index (Phi) is 20.2. The maximum absolute atomic E-state index is 16.3. The molecule has 1 aliphatic heterocycles. The van der Waals surface area contributed by atoms with Crippen LogP contribution in [-0.2, 0) is 31.9 Å². The Bertz CT molecular complexity index is 2130. The summed E-state index contributed by atoms with van der Waals surface area (Å²) in [5.41, 5.74) is 11.6. The molecular formula is C53H69BF2N2O5. The van der Waals surface area contributed by atoms with Gasteiger partial charge in [-0.15, -0.1) is 0 Å². The Morgan fingerprint density at radius 2 is 1.30 bits per heavy atom. The van der Waals surface area contributed by atoms with Crippen LogP contribution >= 0.6 is 0 Å². The van der Waals surface area contributed by atoms with Crippen molar-refractivity contribution < 1.29 is 32.8 Å². The molecule has 0 unspecified atom stereocenters. The number of aromatic nitrogens is 1. The first-order valence-corrected chi connectivity index (χ1v) is 23.8. The van der Waals surface area contributed by atoms with Gasteiger partial charge in [0.1, 0.15) is 5.75 Å². The van der Waals surface area contributed by atoms with E-state index in [0.717, 1.165) is 121 Å². The molecule has 1 aromatic heterocycles. The van der Waals surface area contributed by atoms with Gasteiger partial charge in [0.15, 0.2) is 0 Å². The Labute approximate surface area is 375 Å². The van der Waals surface area contributed by atoms with Crippen molar-refractivity contribution in [1.29, 1.82) is 0 Å². The number of carbonyl (C=O) groups is 2. The number of phenolic OH excluding ortho intramolecular Hbond substituents is 1. The second-order valence-corrected chi connectivity index (χ2v) is 16.9. The van der Waals surface area contributed by atoms with Crippen LogP contribution in [0.25, 0.3) is 22.8 Å². The first-order valence-electron chi connectivity index (χ1n) is 23.8. The van der Waals surface area contributed by atoms with Crippen molar-refractivity contribution in [3.8, 4) is 16.9 Å². The van der Waals surface area contributed by atoms with Crippen molar-refractivity contribution in [2.45, 2.75) is 156 Å². The minimum atomic E-state index is -2.86. The minimum Gasteiger partial charge on any atom is -0.508 e. The van der Waals surface area contributed by atoms with E-state index in [0.29, 0.717) is 37.3 Å². The summed E-state index contributed by atoms with van der Waals surface area (Å²) in [6.45, 7) is 8.73. The molecule has 2 aliphatic carbocycles. The van der Waals surface area contributed by atoms with Crippen molar-refractivity contribution in [1.82, 2.24) is 4.48 Å². The Hall–Kier alpha value is -4.99. The maximum atomic E-state index is 16.3. The highest BCUT2D eigenvalue weighted by Crippen LogP contribution is 2.45. The lowest BCUT2D eigenvalue weighted by molar-refractivity contribution is -0.137. The van der Waals surface area contributed by atoms with Gasteiger partial charge >= 0.3 is 13.4 Å². The molecule has 0 saturated heterocycles. The van der Waals surface area contributed by atoms with Crippen LogP contribution in [0, 0.1) is 6.92 Å². The highest BCUT2D eigenvalue weighted by atomic mass is 19.2. The topological polar surface area (TPSA) is 90.1 Å². The lowest BCUT2D eigenvalue weighted by Gasteiger charge is -2.21. The molecule has 2 heterocycles. The number of allylic oxidation sites excluding steroid dienone is 4. The predicted molar refractivity (Wildman–Crippen MR) is 255 cm³/mol. The van der Waals surface area contributed by atoms with E-state index in [4.69, 9.17) is 9.73 Å². The first-order chi connectivity index (χ1) is 30.7. The number of fused-ring (bicyclic) bond motifs is 1. The Morgan fingerprint density at radius 3 is 1.83 bits per heavy atom. The van der Waals surface area contributed by atoms with Crippen LogP contribution in [0.2, 0.25) is 0 Å². The number of benzene rings is 2. The third-order valence-electron chi connectivity index (χ3n) is 12.4. The number of ether oxygens (including phenoxy) is 2. The molecule has 6 rings (SSSR count). The molecule has 0 amide bonds. The number of hydrogen-bond donors (Lipinski definition) is 1. The molecular weight excluding hydrogens is 793 g/mol. The van der Waals surface area contributed by atoms with Gasteiger partial charge < -0.3 is 19.1 Å². The minimum absolute atomic E-state index is 0.205. The molecule has 63 heavy (non-hydrogen) atoms. The van der Waals surface area contributed by atoms with E-state index in [2.05, 4.69) is 35.9 Å². The molecule has 0 radical (unpaired) electrons. The number of hydrogen-bond acceptors (Lipinski definition) is 6. The number of nitrogens with zero attached hydrogens (tertiary/aromatic N) is 2. The second kappa shape index (κ2) is 26.0. The molecule has 7 nitrogen and oxygen atoms in total. The smallest absolute Gasteiger partial charge is 0.508 e. The van der Waals surface area contributed by atoms with Gasteiger partial charge in [0.05, 0.1) is 24.6 Å². The van der Waals surface area contributed by atoms with E-state index < -0.39 is 13.4 Å². The lowest BCUT2D eigenvalue weighted by Crippen LogP contribution is -2.19. The summed E-state index contributed by atoms with van der Waals surface area (Å²) in [6.07, 6.45) is 28.1. The number of aliphatic imine (C=N–C) groups is 1. The van der Waals surface area contributed by atoms with E-state index in [9.17, 15) is 14.7 Å². The van der Waals surface area contributed by atoms with Gasteiger partial charge in [0, 0.05) is 23.0 Å². The van der Waals surface area contributed by atoms with Gasteiger partial charge in [0.2, 0.25) is 0 Å². The van der Waals surface area contributed by atoms with E-state index in [1.165, 1.54) is 66.6 Å². The van der Waals surface area contributed by atoms with Gasteiger partial charge in [-0.2, -0.15) is 0 Å². The van der Waals surface area contributed by atoms with Gasteiger partial charge in [0.25, 0.3) is 6.47 Å². The van der Waals surface area contributed by atoms with Gasteiger partial charge in [-0.25, -0.2) is 9.79 Å². The van der Waals surface area contributed by atoms with E-state index in [1.54, 1.807) is 32.1 Å². The number of aromatic hydroxyl groups is 1. The zero-order valence-electron chi connectivity index (χ0n) is 38.3. The molecule has 10 heteroatoms. The number of halogens is 2. The number of rotatable bonds is 10. The average Bonchev–Trinajstić information content (AvgIpc) is 3.75. The molecule has 338 valence electrons. The fourth-order valence-electron chi connectivity index (χ4n) is 9.39. The summed E-state index contributed by atoms with van der Waals surface area (Å²) in [6, 6.07) is 13.5. The zero-order chi connectivity index (χ0) is 45.0. The van der Waals surface area contributed by atoms with E-state index in [1.807, 2.05) is 25.1 Å². The lowest BCUT2D eigenvalue weighted by atomic mass is 9.85. The van der Waals surface area contributed by atoms with Crippen LogP contribution < -0.4 is 0 Å². The zero-order valence-corrected chi connectivity index (χ0v) is 38.3. The van der Waals surface area contributed by atoms with Crippen molar-refractivity contribution in [2.75, 3.05) is 13.2 Å². The first kappa shape index (κ1) is 49.0. The summed E-state index contributed by atoms with van der Waals surface area (Å²) in [7, 11) is -2.86. The Morgan fingerprint density at radius 1 is 0.746 bits per heavy atom. The second-order valence-electron chi connectivity index (χ2n) is 16.9. The molecule has 0 fully saturated rings. The van der Waals surface area contributed by atoms with Crippen LogP contribution in [0.4, 0.5) is 8.63 Å². The standard InChI is InChI=1S/C50H63BF2N2O3.C3H6O2/c1-4-22-45-41-23-18-14-10-6-8-12-16-20-25-43(41)49(54-45)48(40-32-29-38(35-36(40)3)37-27-30-39(56)31-28-37)50-44-26-21-17-13-9-7-11-15-19-24-42(44)46(55(50)51(52)53)33-34-47(57)58-5-2;1-2-5-3-4/h4,22,27-35,56H,5-21,23-26H2,1-3H3;3H,2H2,1H3/b22-4+,34-33+,49-48-;. The van der Waals surface area contributed by atoms with Crippen molar-refractivity contribution in [3.63, 3.8) is 0 Å². The third kappa shape index (κ3) is 13.5. The quantitative estimate of drug-likeness (QED) is 0.0949. The molecule has 0 bridgehead atoms. The number of carbonyl (C=O) groups excluding carboxylic acids is 2. The summed E-state index contributed by atoms with van der Waals surface area (Å²) in [5.74, 6) is -0.331. The van der Waals surface area contributed by atoms with Crippen molar-refractivity contribution >= 4 is 37.2 Å². The molecule has 2 aromatic carbocycles. The van der Waals surface area contributed by atoms with E-state index >= 15 is 8.63 Å². The summed E-state index contributed by atoms with van der Waals surface area (Å²) in [4.78, 5) is 27.5. The highest BCUT2D eigenvalue weighted by Gasteiger charge is 2.36. The summed E-state index contributed by atoms with van der Waals surface area (Å²) in [5, 5.41) is 10.0. The van der Waals surface area contributed by atoms with Crippen LogP contribution in [0.5, 0.6) is 5.75 Å². The van der Waals surface area contributed by atoms with Gasteiger partial charge in [-0.05, 0) is 148 Å². The largest absolute Gasteiger partial charge is 0.678 e. The Balaban J connectivity index is 0.00000141. The normalized spacial score (nSPS) is 17.8. The van der Waals surface area contributed by atoms with E-state index in [-0.39, 0.29) is 12.4 Å². The average molecular weight is 863 g/mol. The number of phenols is 1. The SMILES string of the molecule is C/C=C/C1=NC(=C(/c2ccc(-c3ccc(O)cc3)cc2C)c2c3c(c(/C=C/C(=O)OCC)n2B(F)F)CCCCCCCCCC3)/C2=C1CCCCCCCCCC2.CCOC=O. The maximum Gasteiger partial charge on any atom is 0.678 e. The number of esters is 1. The molecule has 0 atom stereocenters. The highest BCUT2D eigenvalue weighted by molar-refractivity contribution is 6.42. The fourth-order valence-corrected chi connectivity index (χ4v) is 9.39. The summed E-state index contributed by atoms with van der Waals surface area (Å²) >= 11 is 0. The van der Waals surface area contributed by atoms with Crippen molar-refractivity contribution in [3.05, 3.63) is 111 Å². The monoisotopic (exact) mass is 863 g/mol. The molecule has 0 spiro atoms. The molecule has 3 aromatic rings. The molecule has 1 N–H and O–H groups in total. The number of aryl methyl sites for hydroxylation is 1. The fraction of sp³-hybridized carbons (Fsp3) is 0.491. The molecule has 0 saturated carbocycles. The van der Waals surface area contributed by atoms with Crippen LogP contribution in [-0.4, -0.2) is 48.4 Å².